The van der Waals surface area contributed by atoms with E-state index in [0.29, 0.717) is 28.0 Å². The number of thiazole rings is 1. The van der Waals surface area contributed by atoms with Crippen LogP contribution < -0.4 is 15.4 Å². The molecule has 1 fully saturated rings. The van der Waals surface area contributed by atoms with Crippen molar-refractivity contribution in [3.63, 3.8) is 0 Å². The Morgan fingerprint density at radius 3 is 2.65 bits per heavy atom. The Labute approximate surface area is 217 Å². The number of nitrogens with zero attached hydrogens (tertiary/aromatic N) is 2. The Hall–Kier alpha value is -3.62. The molecule has 0 amide bonds. The van der Waals surface area contributed by atoms with Crippen LogP contribution in [0.25, 0.3) is 11.1 Å². The molecule has 1 aromatic carbocycles. The first kappa shape index (κ1) is 26.4. The molecule has 37 heavy (non-hydrogen) atoms. The fourth-order valence-corrected chi connectivity index (χ4v) is 4.23. The highest BCUT2D eigenvalue weighted by Crippen LogP contribution is 2.41. The van der Waals surface area contributed by atoms with Crippen LogP contribution in [0.5, 0.6) is 5.75 Å². The number of methoxy groups -OCH3 is 1. The van der Waals surface area contributed by atoms with Gasteiger partial charge in [0, 0.05) is 36.1 Å². The minimum Gasteiger partial charge on any atom is -0.496 e. The molecule has 0 aliphatic heterocycles. The van der Waals surface area contributed by atoms with Gasteiger partial charge in [-0.3, -0.25) is 15.7 Å². The Balaban J connectivity index is 1.74. The molecular weight excluding hydrogens is 503 g/mol. The smallest absolute Gasteiger partial charge is 0.416 e. The van der Waals surface area contributed by atoms with E-state index in [-0.39, 0.29) is 23.6 Å². The molecule has 1 aliphatic carbocycles. The number of ether oxygens (including phenoxy) is 2. The average molecular weight is 530 g/mol. The van der Waals surface area contributed by atoms with E-state index in [0.717, 1.165) is 29.9 Å². The van der Waals surface area contributed by atoms with Crippen molar-refractivity contribution in [2.45, 2.75) is 38.6 Å². The van der Waals surface area contributed by atoms with Gasteiger partial charge in [-0.05, 0) is 44.2 Å². The summed E-state index contributed by atoms with van der Waals surface area (Å²) in [5.74, 6) is 7.08. The van der Waals surface area contributed by atoms with Gasteiger partial charge in [-0.2, -0.15) is 13.2 Å². The average Bonchev–Trinajstić information content (AvgIpc) is 3.59. The molecule has 3 aromatic rings. The molecule has 1 unspecified atom stereocenters. The van der Waals surface area contributed by atoms with E-state index < -0.39 is 18.0 Å². The molecule has 0 spiro atoms. The Bertz CT molecular complexity index is 1340. The van der Waals surface area contributed by atoms with E-state index in [4.69, 9.17) is 14.9 Å². The zero-order chi connectivity index (χ0) is 26.6. The van der Waals surface area contributed by atoms with Gasteiger partial charge in [-0.25, -0.2) is 4.98 Å². The van der Waals surface area contributed by atoms with Gasteiger partial charge in [0.25, 0.3) is 0 Å². The number of halogens is 3. The van der Waals surface area contributed by atoms with Crippen molar-refractivity contribution in [1.29, 1.82) is 5.41 Å². The molecule has 1 aliphatic rings. The minimum absolute atomic E-state index is 0.0294. The summed E-state index contributed by atoms with van der Waals surface area (Å²) < 4.78 is 51.6. The fourth-order valence-electron chi connectivity index (χ4n) is 3.54. The van der Waals surface area contributed by atoms with Crippen molar-refractivity contribution in [2.24, 2.45) is 5.92 Å². The van der Waals surface area contributed by atoms with Crippen LogP contribution in [0.15, 0.2) is 36.7 Å². The van der Waals surface area contributed by atoms with Crippen LogP contribution in [0.2, 0.25) is 0 Å². The third kappa shape index (κ3) is 6.99. The molecule has 2 heterocycles. The zero-order valence-corrected chi connectivity index (χ0v) is 21.3. The van der Waals surface area contributed by atoms with Crippen LogP contribution in [0, 0.1) is 23.2 Å². The standard InChI is InChI=1S/C26H26F3N5O2S/c1-15(30)36-24(31-2)12-18-11-20(21-10-17(26(27,28)29)7-9-23(21)35-3)22(14-32-18)34-25-33-13-19(37-25)8-6-16-4-5-16/h7,9-11,13-14,16,24,30-31H,4-5,12H2,1-3H3,(H,33,34). The van der Waals surface area contributed by atoms with E-state index in [1.54, 1.807) is 25.5 Å². The number of nitrogens with one attached hydrogen (secondary N) is 3. The lowest BCUT2D eigenvalue weighted by molar-refractivity contribution is -0.137. The molecule has 3 N–H and O–H groups in total. The van der Waals surface area contributed by atoms with E-state index >= 15 is 0 Å². The summed E-state index contributed by atoms with van der Waals surface area (Å²) in [5.41, 5.74) is 0.919. The zero-order valence-electron chi connectivity index (χ0n) is 20.5. The van der Waals surface area contributed by atoms with Crippen molar-refractivity contribution >= 4 is 28.1 Å². The molecule has 2 aromatic heterocycles. The second-order valence-electron chi connectivity index (χ2n) is 8.49. The SMILES string of the molecule is CNC(Cc1cc(-c2cc(C(F)(F)F)ccc2OC)c(Nc2ncc(C#CC3CC3)s2)cn1)OC(C)=N. The quantitative estimate of drug-likeness (QED) is 0.147. The first-order valence-electron chi connectivity index (χ1n) is 11.5. The summed E-state index contributed by atoms with van der Waals surface area (Å²) in [4.78, 5) is 9.66. The number of hydrogen-bond donors (Lipinski definition) is 3. The Morgan fingerprint density at radius 2 is 2.00 bits per heavy atom. The van der Waals surface area contributed by atoms with Gasteiger partial charge in [-0.1, -0.05) is 23.2 Å². The monoisotopic (exact) mass is 529 g/mol. The summed E-state index contributed by atoms with van der Waals surface area (Å²) in [6, 6.07) is 5.04. The van der Waals surface area contributed by atoms with Crippen LogP contribution in [0.3, 0.4) is 0 Å². The number of alkyl halides is 3. The number of pyridine rings is 1. The van der Waals surface area contributed by atoms with E-state index in [2.05, 4.69) is 32.4 Å². The van der Waals surface area contributed by atoms with Crippen molar-refractivity contribution in [1.82, 2.24) is 15.3 Å². The van der Waals surface area contributed by atoms with E-state index in [1.807, 2.05) is 0 Å². The Kier molecular flexibility index (Phi) is 8.00. The number of hydrogen-bond acceptors (Lipinski definition) is 8. The summed E-state index contributed by atoms with van der Waals surface area (Å²) >= 11 is 1.36. The molecule has 0 saturated heterocycles. The molecule has 11 heteroatoms. The highest BCUT2D eigenvalue weighted by Gasteiger charge is 2.31. The van der Waals surface area contributed by atoms with Gasteiger partial charge < -0.3 is 14.8 Å². The topological polar surface area (TPSA) is 92.2 Å². The van der Waals surface area contributed by atoms with E-state index in [1.165, 1.54) is 31.4 Å². The van der Waals surface area contributed by atoms with Crippen molar-refractivity contribution in [3.8, 4) is 28.7 Å². The third-order valence-electron chi connectivity index (χ3n) is 5.54. The molecular formula is C26H26F3N5O2S. The predicted octanol–water partition coefficient (Wildman–Crippen LogP) is 5.84. The highest BCUT2D eigenvalue weighted by atomic mass is 32.1. The summed E-state index contributed by atoms with van der Waals surface area (Å²) in [5, 5.41) is 14.3. The summed E-state index contributed by atoms with van der Waals surface area (Å²) in [7, 11) is 3.09. The molecule has 4 rings (SSSR count). The van der Waals surface area contributed by atoms with Crippen LogP contribution in [0.1, 0.15) is 35.9 Å². The van der Waals surface area contributed by atoms with Gasteiger partial charge >= 0.3 is 6.18 Å². The normalized spacial score (nSPS) is 13.9. The van der Waals surface area contributed by atoms with Crippen molar-refractivity contribution < 1.29 is 22.6 Å². The van der Waals surface area contributed by atoms with Gasteiger partial charge in [0.2, 0.25) is 0 Å². The van der Waals surface area contributed by atoms with Crippen LogP contribution in [-0.4, -0.2) is 36.3 Å². The van der Waals surface area contributed by atoms with Crippen molar-refractivity contribution in [3.05, 3.63) is 52.8 Å². The highest BCUT2D eigenvalue weighted by molar-refractivity contribution is 7.16. The van der Waals surface area contributed by atoms with Crippen molar-refractivity contribution in [2.75, 3.05) is 19.5 Å². The lowest BCUT2D eigenvalue weighted by atomic mass is 9.99. The number of likely N-dealkylation sites (N-methyl/N-ethyl adjacent to an activating group) is 1. The second-order valence-corrected chi connectivity index (χ2v) is 9.52. The van der Waals surface area contributed by atoms with Gasteiger partial charge in [0.15, 0.2) is 17.3 Å². The molecule has 1 saturated carbocycles. The lowest BCUT2D eigenvalue weighted by Gasteiger charge is -2.19. The minimum atomic E-state index is -4.53. The first-order valence-corrected chi connectivity index (χ1v) is 12.4. The number of aromatic nitrogens is 2. The van der Waals surface area contributed by atoms with Crippen LogP contribution >= 0.6 is 11.3 Å². The lowest BCUT2D eigenvalue weighted by Crippen LogP contribution is -2.32. The molecule has 194 valence electrons. The molecule has 0 bridgehead atoms. The number of rotatable bonds is 8. The summed E-state index contributed by atoms with van der Waals surface area (Å²) in [6.07, 6.45) is 0.674. The fraction of sp³-hybridized carbons (Fsp3) is 0.346. The van der Waals surface area contributed by atoms with Gasteiger partial charge in [-0.15, -0.1) is 0 Å². The number of benzene rings is 1. The molecule has 1 atom stereocenters. The first-order chi connectivity index (χ1) is 17.7. The number of anilines is 2. The Morgan fingerprint density at radius 1 is 1.22 bits per heavy atom. The van der Waals surface area contributed by atoms with Crippen LogP contribution in [-0.2, 0) is 17.3 Å². The maximum Gasteiger partial charge on any atom is 0.416 e. The predicted molar refractivity (Wildman–Crippen MR) is 137 cm³/mol. The molecule has 7 nitrogen and oxygen atoms in total. The maximum atomic E-state index is 13.6. The molecule has 0 radical (unpaired) electrons. The maximum absolute atomic E-state index is 13.6. The second kappa shape index (κ2) is 11.2. The van der Waals surface area contributed by atoms with E-state index in [9.17, 15) is 13.2 Å². The van der Waals surface area contributed by atoms with Gasteiger partial charge in [0.05, 0.1) is 35.6 Å². The van der Waals surface area contributed by atoms with Crippen LogP contribution in [0.4, 0.5) is 24.0 Å². The largest absolute Gasteiger partial charge is 0.496 e. The van der Waals surface area contributed by atoms with Gasteiger partial charge in [0.1, 0.15) is 5.75 Å². The third-order valence-corrected chi connectivity index (χ3v) is 6.37. The summed E-state index contributed by atoms with van der Waals surface area (Å²) in [6.45, 7) is 1.51.